The average Bonchev–Trinajstić information content (AvgIpc) is 2.48. The van der Waals surface area contributed by atoms with Crippen LogP contribution in [0.15, 0.2) is 24.3 Å². The van der Waals surface area contributed by atoms with Gasteiger partial charge in [-0.15, -0.1) is 0 Å². The predicted octanol–water partition coefficient (Wildman–Crippen LogP) is 2.05. The van der Waals surface area contributed by atoms with Gasteiger partial charge in [0, 0.05) is 17.1 Å². The van der Waals surface area contributed by atoms with E-state index in [1.165, 1.54) is 6.92 Å². The zero-order chi connectivity index (χ0) is 17.7. The van der Waals surface area contributed by atoms with E-state index in [4.69, 9.17) is 4.74 Å². The van der Waals surface area contributed by atoms with Gasteiger partial charge in [0.05, 0.1) is 12.2 Å². The monoisotopic (exact) mass is 322 g/mol. The fourth-order valence-electron chi connectivity index (χ4n) is 2.07. The Morgan fingerprint density at radius 3 is 2.09 bits per heavy atom. The standard InChI is InChI=1S/C16H18O7/c1-4-9(7-17)12-10(14(18)19)5-6-11(15(20)21)13(12)23-16(22)8(2)3/h5-6,9,17H,2,4,7H2,1,3H3,(H,18,19)(H,20,21). The van der Waals surface area contributed by atoms with Crippen LogP contribution >= 0.6 is 0 Å². The summed E-state index contributed by atoms with van der Waals surface area (Å²) in [5.41, 5.74) is -0.561. The summed E-state index contributed by atoms with van der Waals surface area (Å²) in [6.45, 7) is 6.07. The Morgan fingerprint density at radius 2 is 1.70 bits per heavy atom. The highest BCUT2D eigenvalue weighted by Crippen LogP contribution is 2.36. The first-order valence-electron chi connectivity index (χ1n) is 6.86. The molecule has 3 N–H and O–H groups in total. The van der Waals surface area contributed by atoms with Crippen LogP contribution in [0.3, 0.4) is 0 Å². The summed E-state index contributed by atoms with van der Waals surface area (Å²) in [6.07, 6.45) is 0.331. The molecule has 0 saturated heterocycles. The van der Waals surface area contributed by atoms with Gasteiger partial charge in [0.1, 0.15) is 11.3 Å². The van der Waals surface area contributed by atoms with Crippen molar-refractivity contribution in [3.05, 3.63) is 41.0 Å². The molecule has 1 aromatic rings. The van der Waals surface area contributed by atoms with Gasteiger partial charge in [-0.3, -0.25) is 0 Å². The first-order chi connectivity index (χ1) is 10.7. The number of hydrogen-bond donors (Lipinski definition) is 3. The van der Waals surface area contributed by atoms with Gasteiger partial charge in [-0.2, -0.15) is 0 Å². The minimum atomic E-state index is -1.37. The number of aromatic carboxylic acids is 2. The Balaban J connectivity index is 3.71. The predicted molar refractivity (Wildman–Crippen MR) is 80.9 cm³/mol. The molecule has 0 heterocycles. The molecule has 0 saturated carbocycles. The maximum absolute atomic E-state index is 11.8. The van der Waals surface area contributed by atoms with Crippen molar-refractivity contribution >= 4 is 17.9 Å². The molecular weight excluding hydrogens is 304 g/mol. The second-order valence-corrected chi connectivity index (χ2v) is 4.97. The summed E-state index contributed by atoms with van der Waals surface area (Å²) in [6, 6.07) is 2.18. The Hall–Kier alpha value is -2.67. The van der Waals surface area contributed by atoms with Gasteiger partial charge >= 0.3 is 17.9 Å². The topological polar surface area (TPSA) is 121 Å². The molecule has 0 aliphatic rings. The van der Waals surface area contributed by atoms with Crippen molar-refractivity contribution in [2.45, 2.75) is 26.2 Å². The maximum Gasteiger partial charge on any atom is 0.339 e. The van der Waals surface area contributed by atoms with E-state index in [1.54, 1.807) is 6.92 Å². The molecule has 1 unspecified atom stereocenters. The van der Waals surface area contributed by atoms with Crippen LogP contribution in [0.2, 0.25) is 0 Å². The minimum Gasteiger partial charge on any atom is -0.478 e. The van der Waals surface area contributed by atoms with Gasteiger partial charge in [0.15, 0.2) is 0 Å². The van der Waals surface area contributed by atoms with Crippen molar-refractivity contribution in [2.75, 3.05) is 6.61 Å². The molecule has 7 heteroatoms. The number of carboxylic acids is 2. The Morgan fingerprint density at radius 1 is 1.17 bits per heavy atom. The first kappa shape index (κ1) is 18.4. The summed E-state index contributed by atoms with van der Waals surface area (Å²) in [7, 11) is 0. The molecule has 0 bridgehead atoms. The minimum absolute atomic E-state index is 0.0167. The van der Waals surface area contributed by atoms with Crippen molar-refractivity contribution in [2.24, 2.45) is 0 Å². The molecule has 0 aromatic heterocycles. The molecule has 23 heavy (non-hydrogen) atoms. The summed E-state index contributed by atoms with van der Waals surface area (Å²) < 4.78 is 5.08. The molecule has 1 rings (SSSR count). The van der Waals surface area contributed by atoms with Crippen LogP contribution in [0, 0.1) is 0 Å². The second-order valence-electron chi connectivity index (χ2n) is 4.97. The molecule has 0 spiro atoms. The van der Waals surface area contributed by atoms with Crippen LogP contribution in [0.25, 0.3) is 0 Å². The van der Waals surface area contributed by atoms with E-state index in [1.807, 2.05) is 0 Å². The van der Waals surface area contributed by atoms with Crippen LogP contribution in [-0.4, -0.2) is 39.8 Å². The number of aliphatic hydroxyl groups is 1. The van der Waals surface area contributed by atoms with Crippen LogP contribution in [0.1, 0.15) is 52.5 Å². The van der Waals surface area contributed by atoms with Crippen molar-refractivity contribution in [1.82, 2.24) is 0 Å². The van der Waals surface area contributed by atoms with Crippen LogP contribution < -0.4 is 4.74 Å². The van der Waals surface area contributed by atoms with E-state index in [0.29, 0.717) is 6.42 Å². The summed E-state index contributed by atoms with van der Waals surface area (Å²) in [5, 5.41) is 28.1. The number of carboxylic acid groups (broad SMARTS) is 2. The lowest BCUT2D eigenvalue weighted by Gasteiger charge is -2.20. The number of benzene rings is 1. The molecule has 0 fully saturated rings. The van der Waals surface area contributed by atoms with Crippen LogP contribution in [0.5, 0.6) is 5.75 Å². The lowest BCUT2D eigenvalue weighted by Crippen LogP contribution is -2.18. The fraction of sp³-hybridized carbons (Fsp3) is 0.312. The van der Waals surface area contributed by atoms with Crippen molar-refractivity contribution in [1.29, 1.82) is 0 Å². The number of ether oxygens (including phenoxy) is 1. The summed E-state index contributed by atoms with van der Waals surface area (Å²) in [5.74, 6) is -4.61. The summed E-state index contributed by atoms with van der Waals surface area (Å²) >= 11 is 0. The Kier molecular flexibility index (Phi) is 6.03. The number of rotatable bonds is 7. The lowest BCUT2D eigenvalue weighted by molar-refractivity contribution is -0.130. The van der Waals surface area contributed by atoms with Gasteiger partial charge in [-0.05, 0) is 25.5 Å². The summed E-state index contributed by atoms with van der Waals surface area (Å²) in [4.78, 5) is 34.6. The Bertz CT molecular complexity index is 657. The van der Waals surface area contributed by atoms with E-state index in [-0.39, 0.29) is 28.0 Å². The zero-order valence-electron chi connectivity index (χ0n) is 12.8. The quantitative estimate of drug-likeness (QED) is 0.399. The largest absolute Gasteiger partial charge is 0.478 e. The number of carbonyl (C=O) groups is 3. The zero-order valence-corrected chi connectivity index (χ0v) is 12.8. The van der Waals surface area contributed by atoms with E-state index < -0.39 is 30.4 Å². The van der Waals surface area contributed by atoms with E-state index in [9.17, 15) is 29.7 Å². The van der Waals surface area contributed by atoms with Gasteiger partial charge in [0.2, 0.25) is 0 Å². The maximum atomic E-state index is 11.8. The molecule has 124 valence electrons. The SMILES string of the molecule is C=C(C)C(=O)Oc1c(C(=O)O)ccc(C(=O)O)c1C(CC)CO. The molecule has 1 atom stereocenters. The lowest BCUT2D eigenvalue weighted by atomic mass is 9.89. The van der Waals surface area contributed by atoms with E-state index in [0.717, 1.165) is 12.1 Å². The molecule has 0 aliphatic carbocycles. The van der Waals surface area contributed by atoms with Crippen molar-refractivity contribution in [3.8, 4) is 5.75 Å². The van der Waals surface area contributed by atoms with Gasteiger partial charge < -0.3 is 20.1 Å². The highest BCUT2D eigenvalue weighted by atomic mass is 16.5. The average molecular weight is 322 g/mol. The smallest absolute Gasteiger partial charge is 0.339 e. The van der Waals surface area contributed by atoms with Gasteiger partial charge in [0.25, 0.3) is 0 Å². The number of esters is 1. The van der Waals surface area contributed by atoms with Crippen LogP contribution in [-0.2, 0) is 4.79 Å². The molecule has 0 amide bonds. The molecule has 7 nitrogen and oxygen atoms in total. The Labute approximate surface area is 132 Å². The molecule has 0 aliphatic heterocycles. The second kappa shape index (κ2) is 7.55. The third kappa shape index (κ3) is 3.95. The van der Waals surface area contributed by atoms with Crippen molar-refractivity contribution in [3.63, 3.8) is 0 Å². The first-order valence-corrected chi connectivity index (χ1v) is 6.86. The fourth-order valence-corrected chi connectivity index (χ4v) is 2.07. The third-order valence-corrected chi connectivity index (χ3v) is 3.32. The molecule has 0 radical (unpaired) electrons. The van der Waals surface area contributed by atoms with E-state index >= 15 is 0 Å². The van der Waals surface area contributed by atoms with Crippen LogP contribution in [0.4, 0.5) is 0 Å². The highest BCUT2D eigenvalue weighted by molar-refractivity contribution is 5.99. The number of carbonyl (C=O) groups excluding carboxylic acids is 1. The molecular formula is C16H18O7. The van der Waals surface area contributed by atoms with E-state index in [2.05, 4.69) is 6.58 Å². The van der Waals surface area contributed by atoms with Gasteiger partial charge in [-0.1, -0.05) is 13.5 Å². The van der Waals surface area contributed by atoms with Crippen molar-refractivity contribution < 1.29 is 34.4 Å². The third-order valence-electron chi connectivity index (χ3n) is 3.32. The van der Waals surface area contributed by atoms with Gasteiger partial charge in [-0.25, -0.2) is 14.4 Å². The normalized spacial score (nSPS) is 11.6. The molecule has 1 aromatic carbocycles. The highest BCUT2D eigenvalue weighted by Gasteiger charge is 2.28. The number of aliphatic hydroxyl groups excluding tert-OH is 1. The number of hydrogen-bond acceptors (Lipinski definition) is 5.